The van der Waals surface area contributed by atoms with Crippen LogP contribution in [0.15, 0.2) is 64.1 Å². The summed E-state index contributed by atoms with van der Waals surface area (Å²) in [6, 6.07) is 16.8. The Bertz CT molecular complexity index is 845. The summed E-state index contributed by atoms with van der Waals surface area (Å²) in [5.41, 5.74) is 1.46. The number of hydrogen-bond donors (Lipinski definition) is 1. The summed E-state index contributed by atoms with van der Waals surface area (Å²) in [7, 11) is 0. The van der Waals surface area contributed by atoms with Crippen LogP contribution in [0.4, 0.5) is 5.69 Å². The first-order valence-electron chi connectivity index (χ1n) is 6.35. The molecule has 3 rings (SSSR count). The minimum absolute atomic E-state index is 0.211. The first-order chi connectivity index (χ1) is 10.1. The van der Waals surface area contributed by atoms with Gasteiger partial charge in [0.25, 0.3) is 0 Å². The second kappa shape index (κ2) is 5.88. The maximum atomic E-state index is 10.1. The summed E-state index contributed by atoms with van der Waals surface area (Å²) in [6.45, 7) is 0. The summed E-state index contributed by atoms with van der Waals surface area (Å²) in [6.07, 6.45) is 1.67. The third kappa shape index (κ3) is 2.94. The largest absolute Gasteiger partial charge is 0.507 e. The molecule has 21 heavy (non-hydrogen) atoms. The molecule has 0 saturated carbocycles. The molecule has 0 atom stereocenters. The Morgan fingerprint density at radius 1 is 1.05 bits per heavy atom. The zero-order chi connectivity index (χ0) is 14.8. The summed E-state index contributed by atoms with van der Waals surface area (Å²) in [5, 5.41) is 12.7. The number of aromatic hydroxyl groups is 1. The van der Waals surface area contributed by atoms with Crippen LogP contribution in [0.2, 0.25) is 5.02 Å². The summed E-state index contributed by atoms with van der Waals surface area (Å²) < 4.78 is 0.811. The van der Waals surface area contributed by atoms with E-state index in [-0.39, 0.29) is 5.75 Å². The van der Waals surface area contributed by atoms with Gasteiger partial charge < -0.3 is 5.11 Å². The zero-order valence-corrected chi connectivity index (χ0v) is 13.3. The van der Waals surface area contributed by atoms with Crippen molar-refractivity contribution >= 4 is 50.2 Å². The SMILES string of the molecule is Oc1ccc2ccccc2c1C=Nc1ccc(Cl)cc1Br. The van der Waals surface area contributed by atoms with Crippen molar-refractivity contribution in [2.75, 3.05) is 0 Å². The Hall–Kier alpha value is -1.84. The quantitative estimate of drug-likeness (QED) is 0.583. The van der Waals surface area contributed by atoms with E-state index in [0.717, 1.165) is 20.9 Å². The number of phenols is 1. The number of phenolic OH excluding ortho intramolecular Hbond substituents is 1. The van der Waals surface area contributed by atoms with Crippen LogP contribution in [-0.4, -0.2) is 11.3 Å². The van der Waals surface area contributed by atoms with E-state index in [1.54, 1.807) is 24.4 Å². The second-order valence-corrected chi connectivity index (χ2v) is 5.86. The number of nitrogens with zero attached hydrogens (tertiary/aromatic N) is 1. The topological polar surface area (TPSA) is 32.6 Å². The highest BCUT2D eigenvalue weighted by Crippen LogP contribution is 2.30. The Labute approximate surface area is 135 Å². The number of hydrogen-bond acceptors (Lipinski definition) is 2. The highest BCUT2D eigenvalue weighted by molar-refractivity contribution is 9.10. The lowest BCUT2D eigenvalue weighted by molar-refractivity contribution is 0.475. The summed E-state index contributed by atoms with van der Waals surface area (Å²) >= 11 is 9.34. The Kier molecular flexibility index (Phi) is 3.95. The van der Waals surface area contributed by atoms with Gasteiger partial charge in [-0.3, -0.25) is 4.99 Å². The molecule has 0 unspecified atom stereocenters. The summed E-state index contributed by atoms with van der Waals surface area (Å²) in [4.78, 5) is 4.44. The van der Waals surface area contributed by atoms with Crippen molar-refractivity contribution in [2.24, 2.45) is 4.99 Å². The molecule has 0 aromatic heterocycles. The monoisotopic (exact) mass is 359 g/mol. The fourth-order valence-electron chi connectivity index (χ4n) is 2.14. The van der Waals surface area contributed by atoms with Gasteiger partial charge in [-0.1, -0.05) is 41.9 Å². The minimum Gasteiger partial charge on any atom is -0.507 e. The second-order valence-electron chi connectivity index (χ2n) is 4.57. The van der Waals surface area contributed by atoms with Gasteiger partial charge in [-0.2, -0.15) is 0 Å². The fraction of sp³-hybridized carbons (Fsp3) is 0. The average molecular weight is 361 g/mol. The van der Waals surface area contributed by atoms with Crippen LogP contribution in [-0.2, 0) is 0 Å². The third-order valence-electron chi connectivity index (χ3n) is 3.19. The van der Waals surface area contributed by atoms with E-state index in [4.69, 9.17) is 11.6 Å². The van der Waals surface area contributed by atoms with Crippen molar-refractivity contribution in [1.29, 1.82) is 0 Å². The molecule has 0 amide bonds. The van der Waals surface area contributed by atoms with Crippen molar-refractivity contribution in [3.05, 3.63) is 69.7 Å². The smallest absolute Gasteiger partial charge is 0.124 e. The molecule has 0 fully saturated rings. The number of aliphatic imine (C=N–C) groups is 1. The molecule has 0 radical (unpaired) electrons. The number of rotatable bonds is 2. The van der Waals surface area contributed by atoms with Gasteiger partial charge in [0.1, 0.15) is 5.75 Å². The molecule has 0 spiro atoms. The standard InChI is InChI=1S/C17H11BrClNO/c18-15-9-12(19)6-7-16(15)20-10-14-13-4-2-1-3-11(13)5-8-17(14)21/h1-10,21H. The highest BCUT2D eigenvalue weighted by atomic mass is 79.9. The van der Waals surface area contributed by atoms with Gasteiger partial charge in [0.05, 0.1) is 5.69 Å². The number of benzene rings is 3. The van der Waals surface area contributed by atoms with E-state index in [0.29, 0.717) is 10.6 Å². The van der Waals surface area contributed by atoms with Gasteiger partial charge in [-0.15, -0.1) is 0 Å². The van der Waals surface area contributed by atoms with Crippen LogP contribution in [0.5, 0.6) is 5.75 Å². The van der Waals surface area contributed by atoms with Crippen LogP contribution in [0.1, 0.15) is 5.56 Å². The van der Waals surface area contributed by atoms with Crippen LogP contribution in [0, 0.1) is 0 Å². The lowest BCUT2D eigenvalue weighted by atomic mass is 10.0. The van der Waals surface area contributed by atoms with E-state index in [2.05, 4.69) is 20.9 Å². The molecule has 0 saturated heterocycles. The molecule has 0 bridgehead atoms. The maximum Gasteiger partial charge on any atom is 0.124 e. The van der Waals surface area contributed by atoms with Crippen molar-refractivity contribution in [2.45, 2.75) is 0 Å². The molecule has 0 heterocycles. The van der Waals surface area contributed by atoms with Crippen LogP contribution < -0.4 is 0 Å². The number of halogens is 2. The normalized spacial score (nSPS) is 11.3. The van der Waals surface area contributed by atoms with Crippen molar-refractivity contribution in [3.8, 4) is 5.75 Å². The summed E-state index contributed by atoms with van der Waals surface area (Å²) in [5.74, 6) is 0.211. The molecular weight excluding hydrogens is 350 g/mol. The molecular formula is C17H11BrClNO. The number of fused-ring (bicyclic) bond motifs is 1. The first kappa shape index (κ1) is 14.1. The van der Waals surface area contributed by atoms with Crippen LogP contribution in [0.3, 0.4) is 0 Å². The Morgan fingerprint density at radius 2 is 1.86 bits per heavy atom. The minimum atomic E-state index is 0.211. The Morgan fingerprint density at radius 3 is 2.67 bits per heavy atom. The fourth-order valence-corrected chi connectivity index (χ4v) is 2.92. The van der Waals surface area contributed by atoms with Gasteiger partial charge in [-0.25, -0.2) is 0 Å². The van der Waals surface area contributed by atoms with Gasteiger partial charge in [-0.05, 0) is 51.0 Å². The van der Waals surface area contributed by atoms with E-state index < -0.39 is 0 Å². The average Bonchev–Trinajstić information content (AvgIpc) is 2.48. The van der Waals surface area contributed by atoms with Crippen molar-refractivity contribution < 1.29 is 5.11 Å². The van der Waals surface area contributed by atoms with E-state index >= 15 is 0 Å². The predicted molar refractivity (Wildman–Crippen MR) is 92.0 cm³/mol. The first-order valence-corrected chi connectivity index (χ1v) is 7.52. The molecule has 4 heteroatoms. The molecule has 0 aliphatic rings. The Balaban J connectivity index is 2.09. The van der Waals surface area contributed by atoms with E-state index in [9.17, 15) is 5.11 Å². The molecule has 3 aromatic carbocycles. The van der Waals surface area contributed by atoms with Gasteiger partial charge in [0.2, 0.25) is 0 Å². The van der Waals surface area contributed by atoms with E-state index in [1.807, 2.05) is 36.4 Å². The van der Waals surface area contributed by atoms with Gasteiger partial charge in [0.15, 0.2) is 0 Å². The van der Waals surface area contributed by atoms with Crippen molar-refractivity contribution in [3.63, 3.8) is 0 Å². The molecule has 3 aromatic rings. The molecule has 1 N–H and O–H groups in total. The lowest BCUT2D eigenvalue weighted by Gasteiger charge is -2.05. The zero-order valence-electron chi connectivity index (χ0n) is 10.9. The molecule has 104 valence electrons. The molecule has 2 nitrogen and oxygen atoms in total. The van der Waals surface area contributed by atoms with Gasteiger partial charge >= 0.3 is 0 Å². The predicted octanol–water partition coefficient (Wildman–Crippen LogP) is 5.71. The van der Waals surface area contributed by atoms with E-state index in [1.165, 1.54) is 0 Å². The van der Waals surface area contributed by atoms with Crippen molar-refractivity contribution in [1.82, 2.24) is 0 Å². The lowest BCUT2D eigenvalue weighted by Crippen LogP contribution is -1.86. The highest BCUT2D eigenvalue weighted by Gasteiger charge is 2.05. The van der Waals surface area contributed by atoms with Crippen LogP contribution >= 0.6 is 27.5 Å². The molecule has 0 aliphatic carbocycles. The maximum absolute atomic E-state index is 10.1. The third-order valence-corrected chi connectivity index (χ3v) is 4.06. The van der Waals surface area contributed by atoms with Gasteiger partial charge in [0, 0.05) is 21.3 Å². The van der Waals surface area contributed by atoms with Crippen LogP contribution in [0.25, 0.3) is 10.8 Å². The molecule has 0 aliphatic heterocycles.